The van der Waals surface area contributed by atoms with Gasteiger partial charge in [-0.3, -0.25) is 4.79 Å². The number of carboxylic acid groups (broad SMARTS) is 1. The van der Waals surface area contributed by atoms with E-state index in [-0.39, 0.29) is 13.0 Å². The minimum absolute atomic E-state index is 0.173. The van der Waals surface area contributed by atoms with E-state index < -0.39 is 11.8 Å². The Morgan fingerprint density at radius 2 is 1.38 bits per heavy atom. The van der Waals surface area contributed by atoms with E-state index in [1.54, 1.807) is 0 Å². The molecule has 0 aromatic heterocycles. The maximum atomic E-state index is 11.2. The smallest absolute Gasteiger partial charge is 0.308 e. The molecule has 21 heavy (non-hydrogen) atoms. The minimum atomic E-state index is -1.15. The van der Waals surface area contributed by atoms with Crippen molar-refractivity contribution in [3.63, 3.8) is 0 Å². The fourth-order valence-electron chi connectivity index (χ4n) is 1.79. The van der Waals surface area contributed by atoms with Gasteiger partial charge in [-0.25, -0.2) is 0 Å². The SMILES string of the molecule is CCCCOCC(CC(=O)O)(OCCCC)OCCCC. The second-order valence-electron chi connectivity index (χ2n) is 5.29. The van der Waals surface area contributed by atoms with Crippen LogP contribution >= 0.6 is 0 Å². The van der Waals surface area contributed by atoms with Crippen molar-refractivity contribution in [1.82, 2.24) is 0 Å². The molecule has 126 valence electrons. The summed E-state index contributed by atoms with van der Waals surface area (Å²) in [6, 6.07) is 0. The van der Waals surface area contributed by atoms with Crippen molar-refractivity contribution in [1.29, 1.82) is 0 Å². The molecule has 0 fully saturated rings. The van der Waals surface area contributed by atoms with Gasteiger partial charge < -0.3 is 19.3 Å². The normalized spacial score (nSPS) is 11.8. The standard InChI is InChI=1S/C16H32O5/c1-4-7-10-19-14-16(13-15(17)18,20-11-8-5-2)21-12-9-6-3/h4-14H2,1-3H3,(H,17,18). The molecule has 0 aromatic carbocycles. The number of ether oxygens (including phenoxy) is 3. The van der Waals surface area contributed by atoms with Crippen LogP contribution in [0.4, 0.5) is 0 Å². The van der Waals surface area contributed by atoms with Crippen LogP contribution in [0.25, 0.3) is 0 Å². The second-order valence-corrected chi connectivity index (χ2v) is 5.29. The predicted octanol–water partition coefficient (Wildman–Crippen LogP) is 3.61. The Hall–Kier alpha value is -0.650. The van der Waals surface area contributed by atoms with Gasteiger partial charge in [0.15, 0.2) is 0 Å². The number of hydrogen-bond donors (Lipinski definition) is 1. The number of unbranched alkanes of at least 4 members (excludes halogenated alkanes) is 3. The first-order valence-electron chi connectivity index (χ1n) is 8.17. The highest BCUT2D eigenvalue weighted by Crippen LogP contribution is 2.21. The molecule has 0 unspecified atom stereocenters. The third-order valence-electron chi connectivity index (χ3n) is 3.11. The summed E-state index contributed by atoms with van der Waals surface area (Å²) in [6.07, 6.45) is 5.56. The first-order valence-corrected chi connectivity index (χ1v) is 8.17. The van der Waals surface area contributed by atoms with Crippen molar-refractivity contribution in [3.8, 4) is 0 Å². The van der Waals surface area contributed by atoms with Crippen molar-refractivity contribution >= 4 is 5.97 Å². The Bertz CT molecular complexity index is 245. The molecule has 0 atom stereocenters. The number of aliphatic carboxylic acids is 1. The van der Waals surface area contributed by atoms with Gasteiger partial charge in [-0.1, -0.05) is 40.0 Å². The lowest BCUT2D eigenvalue weighted by atomic mass is 10.2. The van der Waals surface area contributed by atoms with Crippen LogP contribution in [0.3, 0.4) is 0 Å². The van der Waals surface area contributed by atoms with E-state index in [0.717, 1.165) is 38.5 Å². The van der Waals surface area contributed by atoms with E-state index in [4.69, 9.17) is 19.3 Å². The van der Waals surface area contributed by atoms with Gasteiger partial charge in [-0.05, 0) is 19.3 Å². The van der Waals surface area contributed by atoms with Crippen LogP contribution < -0.4 is 0 Å². The summed E-state index contributed by atoms with van der Waals surface area (Å²) in [5.41, 5.74) is 0. The predicted molar refractivity (Wildman–Crippen MR) is 82.4 cm³/mol. The van der Waals surface area contributed by atoms with Gasteiger partial charge in [0.25, 0.3) is 0 Å². The molecule has 0 radical (unpaired) electrons. The van der Waals surface area contributed by atoms with E-state index in [2.05, 4.69) is 20.8 Å². The minimum Gasteiger partial charge on any atom is -0.481 e. The molecule has 0 aliphatic heterocycles. The van der Waals surface area contributed by atoms with Crippen molar-refractivity contribution in [2.45, 2.75) is 71.5 Å². The van der Waals surface area contributed by atoms with E-state index in [9.17, 15) is 4.79 Å². The van der Waals surface area contributed by atoms with Gasteiger partial charge in [0.2, 0.25) is 5.79 Å². The van der Waals surface area contributed by atoms with Crippen LogP contribution in [0.5, 0.6) is 0 Å². The maximum Gasteiger partial charge on any atom is 0.308 e. The number of carbonyl (C=O) groups is 1. The molecule has 0 spiro atoms. The highest BCUT2D eigenvalue weighted by Gasteiger charge is 2.35. The van der Waals surface area contributed by atoms with Crippen LogP contribution in [-0.2, 0) is 19.0 Å². The van der Waals surface area contributed by atoms with Gasteiger partial charge in [0, 0.05) is 6.61 Å². The molecular formula is C16H32O5. The number of rotatable bonds is 15. The van der Waals surface area contributed by atoms with Crippen LogP contribution in [0, 0.1) is 0 Å². The largest absolute Gasteiger partial charge is 0.481 e. The van der Waals surface area contributed by atoms with Crippen LogP contribution in [0.15, 0.2) is 0 Å². The van der Waals surface area contributed by atoms with E-state index >= 15 is 0 Å². The Balaban J connectivity index is 4.60. The molecular weight excluding hydrogens is 272 g/mol. The van der Waals surface area contributed by atoms with Crippen molar-refractivity contribution in [3.05, 3.63) is 0 Å². The van der Waals surface area contributed by atoms with Crippen LogP contribution in [-0.4, -0.2) is 43.3 Å². The Kier molecular flexibility index (Phi) is 12.6. The average molecular weight is 304 g/mol. The van der Waals surface area contributed by atoms with Gasteiger partial charge in [-0.15, -0.1) is 0 Å². The highest BCUT2D eigenvalue weighted by molar-refractivity contribution is 5.67. The molecule has 0 aromatic rings. The lowest BCUT2D eigenvalue weighted by Gasteiger charge is -2.32. The summed E-state index contributed by atoms with van der Waals surface area (Å²) in [5, 5.41) is 9.15. The van der Waals surface area contributed by atoms with Crippen molar-refractivity contribution in [2.75, 3.05) is 26.4 Å². The van der Waals surface area contributed by atoms with Gasteiger partial charge in [0.1, 0.15) is 13.0 Å². The van der Waals surface area contributed by atoms with E-state index in [1.165, 1.54) is 0 Å². The molecule has 0 saturated heterocycles. The highest BCUT2D eigenvalue weighted by atomic mass is 16.7. The summed E-state index contributed by atoms with van der Waals surface area (Å²) in [5.74, 6) is -2.08. The quantitative estimate of drug-likeness (QED) is 0.370. The molecule has 0 aliphatic rings. The lowest BCUT2D eigenvalue weighted by Crippen LogP contribution is -2.44. The zero-order valence-corrected chi connectivity index (χ0v) is 13.9. The van der Waals surface area contributed by atoms with Gasteiger partial charge in [-0.2, -0.15) is 0 Å². The molecule has 0 aliphatic carbocycles. The fraction of sp³-hybridized carbons (Fsp3) is 0.938. The van der Waals surface area contributed by atoms with Crippen LogP contribution in [0.1, 0.15) is 65.7 Å². The number of hydrogen-bond acceptors (Lipinski definition) is 4. The first-order chi connectivity index (χ1) is 10.1. The lowest BCUT2D eigenvalue weighted by molar-refractivity contribution is -0.265. The Morgan fingerprint density at radius 1 is 0.905 bits per heavy atom. The summed E-state index contributed by atoms with van der Waals surface area (Å²) in [7, 11) is 0. The summed E-state index contributed by atoms with van der Waals surface area (Å²) >= 11 is 0. The molecule has 5 nitrogen and oxygen atoms in total. The Labute approximate surface area is 129 Å². The first kappa shape index (κ1) is 20.3. The summed E-state index contributed by atoms with van der Waals surface area (Å²) in [6.45, 7) is 7.98. The Morgan fingerprint density at radius 3 is 1.81 bits per heavy atom. The number of carboxylic acids is 1. The second kappa shape index (κ2) is 13.0. The molecule has 0 bridgehead atoms. The zero-order valence-electron chi connectivity index (χ0n) is 13.9. The average Bonchev–Trinajstić information content (AvgIpc) is 2.43. The maximum absolute atomic E-state index is 11.2. The third-order valence-corrected chi connectivity index (χ3v) is 3.11. The molecule has 0 rings (SSSR count). The third kappa shape index (κ3) is 10.7. The molecule has 1 N–H and O–H groups in total. The molecule has 0 heterocycles. The van der Waals surface area contributed by atoms with E-state index in [1.807, 2.05) is 0 Å². The topological polar surface area (TPSA) is 65.0 Å². The van der Waals surface area contributed by atoms with Crippen LogP contribution in [0.2, 0.25) is 0 Å². The van der Waals surface area contributed by atoms with E-state index in [0.29, 0.717) is 19.8 Å². The van der Waals surface area contributed by atoms with Crippen molar-refractivity contribution in [2.24, 2.45) is 0 Å². The molecule has 0 saturated carbocycles. The van der Waals surface area contributed by atoms with Gasteiger partial charge >= 0.3 is 5.97 Å². The summed E-state index contributed by atoms with van der Waals surface area (Å²) in [4.78, 5) is 11.2. The van der Waals surface area contributed by atoms with Crippen molar-refractivity contribution < 1.29 is 24.1 Å². The zero-order chi connectivity index (χ0) is 16.0. The fourth-order valence-corrected chi connectivity index (χ4v) is 1.79. The monoisotopic (exact) mass is 304 g/mol. The van der Waals surface area contributed by atoms with Gasteiger partial charge in [0.05, 0.1) is 13.2 Å². The molecule has 5 heteroatoms. The molecule has 0 amide bonds. The summed E-state index contributed by atoms with van der Waals surface area (Å²) < 4.78 is 17.1.